The lowest BCUT2D eigenvalue weighted by Crippen LogP contribution is -2.25. The molecular weight excluding hydrogens is 314 g/mol. The Morgan fingerprint density at radius 3 is 2.65 bits per heavy atom. The van der Waals surface area contributed by atoms with Gasteiger partial charge in [-0.25, -0.2) is 0 Å². The molecule has 1 atom stereocenters. The first kappa shape index (κ1) is 15.1. The molecule has 0 spiro atoms. The van der Waals surface area contributed by atoms with Gasteiger partial charge in [0, 0.05) is 17.6 Å². The summed E-state index contributed by atoms with van der Waals surface area (Å²) in [6.07, 6.45) is 0. The molecule has 1 unspecified atom stereocenters. The quantitative estimate of drug-likeness (QED) is 0.766. The van der Waals surface area contributed by atoms with Gasteiger partial charge in [0.2, 0.25) is 0 Å². The van der Waals surface area contributed by atoms with Crippen molar-refractivity contribution in [1.29, 1.82) is 0 Å². The number of ether oxygens (including phenoxy) is 1. The maximum absolute atomic E-state index is 5.68. The van der Waals surface area contributed by atoms with Crippen LogP contribution in [0.5, 0.6) is 5.75 Å². The van der Waals surface area contributed by atoms with E-state index in [1.165, 1.54) is 5.56 Å². The fourth-order valence-corrected chi connectivity index (χ4v) is 2.39. The largest absolute Gasteiger partial charge is 0.492 e. The van der Waals surface area contributed by atoms with Crippen LogP contribution in [0.15, 0.2) is 59.1 Å². The van der Waals surface area contributed by atoms with Crippen molar-refractivity contribution in [2.75, 3.05) is 19.7 Å². The molecule has 2 aromatic carbocycles. The third-order valence-electron chi connectivity index (χ3n) is 3.16. The molecule has 2 aromatic rings. The Kier molecular flexibility index (Phi) is 6.09. The average molecular weight is 334 g/mol. The number of hydrogen-bond acceptors (Lipinski definition) is 2. The van der Waals surface area contributed by atoms with E-state index in [0.29, 0.717) is 12.5 Å². The van der Waals surface area contributed by atoms with Gasteiger partial charge < -0.3 is 10.1 Å². The molecule has 0 bridgehead atoms. The summed E-state index contributed by atoms with van der Waals surface area (Å²) in [7, 11) is 0. The van der Waals surface area contributed by atoms with Crippen molar-refractivity contribution < 1.29 is 4.74 Å². The van der Waals surface area contributed by atoms with E-state index in [0.717, 1.165) is 23.3 Å². The molecule has 0 aromatic heterocycles. The third kappa shape index (κ3) is 4.99. The van der Waals surface area contributed by atoms with E-state index in [2.05, 4.69) is 58.5 Å². The Morgan fingerprint density at radius 1 is 1.10 bits per heavy atom. The summed E-state index contributed by atoms with van der Waals surface area (Å²) < 4.78 is 6.72. The van der Waals surface area contributed by atoms with Gasteiger partial charge in [-0.15, -0.1) is 0 Å². The number of hydrogen-bond donors (Lipinski definition) is 1. The van der Waals surface area contributed by atoms with E-state index in [4.69, 9.17) is 4.74 Å². The summed E-state index contributed by atoms with van der Waals surface area (Å²) in [5.41, 5.74) is 1.37. The Labute approximate surface area is 129 Å². The van der Waals surface area contributed by atoms with E-state index in [9.17, 15) is 0 Å². The fourth-order valence-electron chi connectivity index (χ4n) is 2.02. The topological polar surface area (TPSA) is 21.3 Å². The Hall–Kier alpha value is -1.32. The van der Waals surface area contributed by atoms with Crippen molar-refractivity contribution in [3.05, 3.63) is 64.6 Å². The minimum absolute atomic E-state index is 0.516. The molecule has 0 saturated carbocycles. The maximum Gasteiger partial charge on any atom is 0.120 e. The van der Waals surface area contributed by atoms with Gasteiger partial charge in [0.05, 0.1) is 0 Å². The number of rotatable bonds is 7. The lowest BCUT2D eigenvalue weighted by Gasteiger charge is -2.13. The Bertz CT molecular complexity index is 515. The third-order valence-corrected chi connectivity index (χ3v) is 3.66. The highest BCUT2D eigenvalue weighted by molar-refractivity contribution is 9.10. The number of nitrogens with one attached hydrogen (secondary N) is 1. The standard InChI is InChI=1S/C17H20BrNO/c1-14(15-6-3-2-4-7-15)13-19-10-11-20-17-9-5-8-16(18)12-17/h2-9,12,14,19H,10-11,13H2,1H3. The highest BCUT2D eigenvalue weighted by atomic mass is 79.9. The first-order chi connectivity index (χ1) is 9.75. The molecule has 0 heterocycles. The van der Waals surface area contributed by atoms with Gasteiger partial charge in [0.1, 0.15) is 12.4 Å². The molecule has 0 aliphatic heterocycles. The summed E-state index contributed by atoms with van der Waals surface area (Å²) in [6, 6.07) is 18.5. The predicted octanol–water partition coefficient (Wildman–Crippen LogP) is 4.22. The minimum Gasteiger partial charge on any atom is -0.492 e. The Morgan fingerprint density at radius 2 is 1.90 bits per heavy atom. The molecule has 2 nitrogen and oxygen atoms in total. The molecule has 20 heavy (non-hydrogen) atoms. The number of halogens is 1. The number of benzene rings is 2. The van der Waals surface area contributed by atoms with Crippen LogP contribution in [0.3, 0.4) is 0 Å². The van der Waals surface area contributed by atoms with Gasteiger partial charge in [-0.3, -0.25) is 0 Å². The van der Waals surface area contributed by atoms with Crippen LogP contribution in [0, 0.1) is 0 Å². The second-order valence-electron chi connectivity index (χ2n) is 4.82. The van der Waals surface area contributed by atoms with Crippen molar-refractivity contribution in [3.63, 3.8) is 0 Å². The van der Waals surface area contributed by atoms with Gasteiger partial charge in [0.25, 0.3) is 0 Å². The van der Waals surface area contributed by atoms with E-state index in [1.54, 1.807) is 0 Å². The van der Waals surface area contributed by atoms with Crippen molar-refractivity contribution in [3.8, 4) is 5.75 Å². The maximum atomic E-state index is 5.68. The van der Waals surface area contributed by atoms with E-state index < -0.39 is 0 Å². The molecule has 0 saturated heterocycles. The zero-order chi connectivity index (χ0) is 14.2. The summed E-state index contributed by atoms with van der Waals surface area (Å²) in [6.45, 7) is 4.73. The fraction of sp³-hybridized carbons (Fsp3) is 0.294. The SMILES string of the molecule is CC(CNCCOc1cccc(Br)c1)c1ccccc1. The van der Waals surface area contributed by atoms with Gasteiger partial charge in [-0.05, 0) is 29.7 Å². The molecule has 0 radical (unpaired) electrons. The Balaban J connectivity index is 1.64. The first-order valence-corrected chi connectivity index (χ1v) is 7.69. The van der Waals surface area contributed by atoms with Crippen LogP contribution in [-0.4, -0.2) is 19.7 Å². The van der Waals surface area contributed by atoms with Crippen LogP contribution in [-0.2, 0) is 0 Å². The summed E-state index contributed by atoms with van der Waals surface area (Å²) >= 11 is 3.43. The molecule has 1 N–H and O–H groups in total. The molecule has 2 rings (SSSR count). The van der Waals surface area contributed by atoms with Crippen molar-refractivity contribution in [2.24, 2.45) is 0 Å². The van der Waals surface area contributed by atoms with Crippen molar-refractivity contribution in [2.45, 2.75) is 12.8 Å². The van der Waals surface area contributed by atoms with Gasteiger partial charge in [0.15, 0.2) is 0 Å². The molecule has 0 aliphatic carbocycles. The summed E-state index contributed by atoms with van der Waals surface area (Å²) in [4.78, 5) is 0. The highest BCUT2D eigenvalue weighted by Crippen LogP contribution is 2.17. The second-order valence-corrected chi connectivity index (χ2v) is 5.74. The van der Waals surface area contributed by atoms with Crippen molar-refractivity contribution >= 4 is 15.9 Å². The normalized spacial score (nSPS) is 12.1. The molecule has 3 heteroatoms. The van der Waals surface area contributed by atoms with Crippen LogP contribution in [0.25, 0.3) is 0 Å². The monoisotopic (exact) mass is 333 g/mol. The summed E-state index contributed by atoms with van der Waals surface area (Å²) in [5.74, 6) is 1.42. The molecule has 0 fully saturated rings. The van der Waals surface area contributed by atoms with E-state index >= 15 is 0 Å². The highest BCUT2D eigenvalue weighted by Gasteiger charge is 2.03. The van der Waals surface area contributed by atoms with Gasteiger partial charge in [-0.2, -0.15) is 0 Å². The molecular formula is C17H20BrNO. The van der Waals surface area contributed by atoms with Crippen LogP contribution < -0.4 is 10.1 Å². The summed E-state index contributed by atoms with van der Waals surface area (Å²) in [5, 5.41) is 3.43. The smallest absolute Gasteiger partial charge is 0.120 e. The average Bonchev–Trinajstić information content (AvgIpc) is 2.48. The zero-order valence-corrected chi connectivity index (χ0v) is 13.3. The van der Waals surface area contributed by atoms with E-state index in [1.807, 2.05) is 24.3 Å². The molecule has 0 amide bonds. The molecule has 106 valence electrons. The van der Waals surface area contributed by atoms with Crippen LogP contribution in [0.2, 0.25) is 0 Å². The lowest BCUT2D eigenvalue weighted by atomic mass is 10.0. The van der Waals surface area contributed by atoms with E-state index in [-0.39, 0.29) is 0 Å². The molecule has 0 aliphatic rings. The minimum atomic E-state index is 0.516. The van der Waals surface area contributed by atoms with Crippen molar-refractivity contribution in [1.82, 2.24) is 5.32 Å². The van der Waals surface area contributed by atoms with Gasteiger partial charge >= 0.3 is 0 Å². The van der Waals surface area contributed by atoms with Crippen LogP contribution in [0.4, 0.5) is 0 Å². The first-order valence-electron chi connectivity index (χ1n) is 6.90. The van der Waals surface area contributed by atoms with Crippen LogP contribution >= 0.6 is 15.9 Å². The lowest BCUT2D eigenvalue weighted by molar-refractivity contribution is 0.313. The zero-order valence-electron chi connectivity index (χ0n) is 11.7. The second kappa shape index (κ2) is 8.08. The predicted molar refractivity (Wildman–Crippen MR) is 87.4 cm³/mol. The van der Waals surface area contributed by atoms with Crippen LogP contribution in [0.1, 0.15) is 18.4 Å². The van der Waals surface area contributed by atoms with Gasteiger partial charge in [-0.1, -0.05) is 59.3 Å².